The van der Waals surface area contributed by atoms with E-state index < -0.39 is 5.60 Å². The number of pyridine rings is 1. The minimum absolute atomic E-state index is 0.296. The molecular formula is C16H23N3O2. The van der Waals surface area contributed by atoms with Crippen LogP contribution in [-0.4, -0.2) is 31.8 Å². The highest BCUT2D eigenvalue weighted by Crippen LogP contribution is 2.41. The molecule has 0 aliphatic heterocycles. The normalized spacial score (nSPS) is 25.3. The first-order valence-corrected chi connectivity index (χ1v) is 7.62. The molecule has 5 nitrogen and oxygen atoms in total. The second-order valence-corrected chi connectivity index (χ2v) is 6.76. The van der Waals surface area contributed by atoms with Crippen molar-refractivity contribution in [2.45, 2.75) is 51.7 Å². The smallest absolute Gasteiger partial charge is 0.160 e. The Morgan fingerprint density at radius 3 is 2.86 bits per heavy atom. The van der Waals surface area contributed by atoms with Gasteiger partial charge in [0.05, 0.1) is 24.7 Å². The van der Waals surface area contributed by atoms with Crippen molar-refractivity contribution in [1.82, 2.24) is 14.5 Å². The fourth-order valence-corrected chi connectivity index (χ4v) is 2.81. The van der Waals surface area contributed by atoms with E-state index in [0.29, 0.717) is 18.6 Å². The van der Waals surface area contributed by atoms with Crippen molar-refractivity contribution in [2.24, 2.45) is 5.92 Å². The van der Waals surface area contributed by atoms with E-state index in [2.05, 4.69) is 28.4 Å². The van der Waals surface area contributed by atoms with E-state index in [1.807, 2.05) is 19.3 Å². The van der Waals surface area contributed by atoms with Gasteiger partial charge < -0.3 is 14.4 Å². The van der Waals surface area contributed by atoms with Gasteiger partial charge in [0, 0.05) is 12.1 Å². The first-order valence-electron chi connectivity index (χ1n) is 7.62. The summed E-state index contributed by atoms with van der Waals surface area (Å²) in [5, 5.41) is 9.87. The molecular weight excluding hydrogens is 266 g/mol. The maximum Gasteiger partial charge on any atom is 0.160 e. The van der Waals surface area contributed by atoms with Crippen LogP contribution in [0.25, 0.3) is 11.2 Å². The predicted octanol–water partition coefficient (Wildman–Crippen LogP) is 2.94. The van der Waals surface area contributed by atoms with Gasteiger partial charge in [-0.1, -0.05) is 13.8 Å². The number of hydrogen-bond acceptors (Lipinski definition) is 4. The van der Waals surface area contributed by atoms with E-state index in [0.717, 1.165) is 36.2 Å². The number of fused-ring (bicyclic) bond motifs is 1. The van der Waals surface area contributed by atoms with E-state index in [1.165, 1.54) is 0 Å². The molecule has 1 aliphatic carbocycles. The summed E-state index contributed by atoms with van der Waals surface area (Å²) in [6.07, 6.45) is 6.12. The number of imidazole rings is 1. The largest absolute Gasteiger partial charge is 0.492 e. The summed E-state index contributed by atoms with van der Waals surface area (Å²) in [6, 6.07) is 2.24. The predicted molar refractivity (Wildman–Crippen MR) is 81.4 cm³/mol. The number of rotatable bonds is 5. The second-order valence-electron chi connectivity index (χ2n) is 6.76. The van der Waals surface area contributed by atoms with E-state index in [4.69, 9.17) is 4.74 Å². The fraction of sp³-hybridized carbons (Fsp3) is 0.625. The molecule has 2 aromatic rings. The molecule has 2 heterocycles. The summed E-state index contributed by atoms with van der Waals surface area (Å²) in [4.78, 5) is 8.90. The molecule has 1 aliphatic rings. The van der Waals surface area contributed by atoms with E-state index in [9.17, 15) is 5.11 Å². The maximum absolute atomic E-state index is 9.87. The van der Waals surface area contributed by atoms with Gasteiger partial charge in [0.15, 0.2) is 5.65 Å². The van der Waals surface area contributed by atoms with Crippen molar-refractivity contribution < 1.29 is 9.84 Å². The van der Waals surface area contributed by atoms with Crippen molar-refractivity contribution in [2.75, 3.05) is 6.61 Å². The zero-order valence-electron chi connectivity index (χ0n) is 12.9. The van der Waals surface area contributed by atoms with Crippen molar-refractivity contribution in [3.8, 4) is 5.75 Å². The first-order chi connectivity index (χ1) is 9.94. The number of aromatic nitrogens is 3. The Morgan fingerprint density at radius 2 is 2.19 bits per heavy atom. The van der Waals surface area contributed by atoms with Gasteiger partial charge >= 0.3 is 0 Å². The van der Waals surface area contributed by atoms with Crippen LogP contribution in [0.2, 0.25) is 0 Å². The molecule has 1 N–H and O–H groups in total. The third kappa shape index (κ3) is 3.02. The highest BCUT2D eigenvalue weighted by molar-refractivity contribution is 5.72. The third-order valence-electron chi connectivity index (χ3n) is 4.10. The van der Waals surface area contributed by atoms with E-state index in [1.54, 1.807) is 6.20 Å². The molecule has 0 unspecified atom stereocenters. The number of hydrogen-bond donors (Lipinski definition) is 1. The molecule has 0 atom stereocenters. The van der Waals surface area contributed by atoms with Crippen molar-refractivity contribution in [3.05, 3.63) is 18.6 Å². The summed E-state index contributed by atoms with van der Waals surface area (Å²) >= 11 is 0. The maximum atomic E-state index is 9.87. The zero-order valence-corrected chi connectivity index (χ0v) is 12.9. The molecule has 0 aromatic carbocycles. The summed E-state index contributed by atoms with van der Waals surface area (Å²) in [5.41, 5.74) is 1.18. The Balaban J connectivity index is 1.72. The molecule has 21 heavy (non-hydrogen) atoms. The lowest BCUT2D eigenvalue weighted by Crippen LogP contribution is -2.41. The standard InChI is InChI=1S/C16H23N3O2/c1-11(2)4-5-21-13-6-14-15(17-9-13)19(10-18-14)12-7-16(3,20)8-12/h6,9-12,20H,4-5,7-8H2,1-3H3/t12-,16-. The van der Waals surface area contributed by atoms with Crippen LogP contribution in [0.5, 0.6) is 5.75 Å². The van der Waals surface area contributed by atoms with Gasteiger partial charge in [-0.25, -0.2) is 9.97 Å². The molecule has 5 heteroatoms. The van der Waals surface area contributed by atoms with Crippen molar-refractivity contribution >= 4 is 11.2 Å². The lowest BCUT2D eigenvalue weighted by molar-refractivity contribution is -0.0499. The molecule has 3 rings (SSSR count). The zero-order chi connectivity index (χ0) is 15.0. The van der Waals surface area contributed by atoms with Gasteiger partial charge in [0.2, 0.25) is 0 Å². The molecule has 0 radical (unpaired) electrons. The summed E-state index contributed by atoms with van der Waals surface area (Å²) in [7, 11) is 0. The Morgan fingerprint density at radius 1 is 1.43 bits per heavy atom. The van der Waals surface area contributed by atoms with Crippen LogP contribution in [0.3, 0.4) is 0 Å². The molecule has 1 saturated carbocycles. The van der Waals surface area contributed by atoms with Crippen LogP contribution in [0.4, 0.5) is 0 Å². The monoisotopic (exact) mass is 289 g/mol. The highest BCUT2D eigenvalue weighted by Gasteiger charge is 2.40. The summed E-state index contributed by atoms with van der Waals surface area (Å²) in [6.45, 7) is 6.94. The summed E-state index contributed by atoms with van der Waals surface area (Å²) < 4.78 is 7.78. The molecule has 2 aromatic heterocycles. The second kappa shape index (κ2) is 5.30. The quantitative estimate of drug-likeness (QED) is 0.919. The highest BCUT2D eigenvalue weighted by atomic mass is 16.5. The molecule has 0 amide bonds. The van der Waals surface area contributed by atoms with Crippen LogP contribution in [-0.2, 0) is 0 Å². The molecule has 114 valence electrons. The minimum Gasteiger partial charge on any atom is -0.492 e. The third-order valence-corrected chi connectivity index (χ3v) is 4.10. The Hall–Kier alpha value is -1.62. The molecule has 1 fully saturated rings. The lowest BCUT2D eigenvalue weighted by Gasteiger charge is -2.41. The summed E-state index contributed by atoms with van der Waals surface area (Å²) in [5.74, 6) is 1.40. The van der Waals surface area contributed by atoms with Gasteiger partial charge in [-0.15, -0.1) is 0 Å². The van der Waals surface area contributed by atoms with E-state index in [-0.39, 0.29) is 0 Å². The molecule has 0 bridgehead atoms. The fourth-order valence-electron chi connectivity index (χ4n) is 2.81. The number of nitrogens with zero attached hydrogens (tertiary/aromatic N) is 3. The first kappa shape index (κ1) is 14.3. The van der Waals surface area contributed by atoms with Crippen molar-refractivity contribution in [1.29, 1.82) is 0 Å². The van der Waals surface area contributed by atoms with Gasteiger partial charge in [-0.05, 0) is 32.1 Å². The number of ether oxygens (including phenoxy) is 1. The minimum atomic E-state index is -0.541. The SMILES string of the molecule is CC(C)CCOc1cnc2c(c1)ncn2[C@H]1C[C@](C)(O)C1. The Labute approximate surface area is 125 Å². The number of aliphatic hydroxyl groups is 1. The van der Waals surface area contributed by atoms with Gasteiger partial charge in [-0.3, -0.25) is 0 Å². The lowest BCUT2D eigenvalue weighted by atomic mass is 9.77. The molecule has 0 saturated heterocycles. The van der Waals surface area contributed by atoms with Crippen LogP contribution >= 0.6 is 0 Å². The van der Waals surface area contributed by atoms with E-state index >= 15 is 0 Å². The van der Waals surface area contributed by atoms with Crippen LogP contribution in [0, 0.1) is 5.92 Å². The topological polar surface area (TPSA) is 60.2 Å². The molecule has 0 spiro atoms. The van der Waals surface area contributed by atoms with Crippen LogP contribution < -0.4 is 4.74 Å². The Bertz CT molecular complexity index is 625. The van der Waals surface area contributed by atoms with Crippen LogP contribution in [0.15, 0.2) is 18.6 Å². The van der Waals surface area contributed by atoms with Crippen molar-refractivity contribution in [3.63, 3.8) is 0 Å². The van der Waals surface area contributed by atoms with Gasteiger partial charge in [0.25, 0.3) is 0 Å². The average Bonchev–Trinajstić information content (AvgIpc) is 2.78. The Kier molecular flexibility index (Phi) is 3.61. The van der Waals surface area contributed by atoms with Gasteiger partial charge in [-0.2, -0.15) is 0 Å². The van der Waals surface area contributed by atoms with Crippen LogP contribution in [0.1, 0.15) is 46.1 Å². The average molecular weight is 289 g/mol. The van der Waals surface area contributed by atoms with Gasteiger partial charge in [0.1, 0.15) is 11.3 Å².